The maximum absolute atomic E-state index is 11.9. The maximum atomic E-state index is 11.9. The average Bonchev–Trinajstić information content (AvgIpc) is 2.78. The second kappa shape index (κ2) is 6.02. The smallest absolute Gasteiger partial charge is 0.263 e. The molecule has 1 atom stereocenters. The van der Waals surface area contributed by atoms with Gasteiger partial charge in [-0.15, -0.1) is 0 Å². The first-order valence-corrected chi connectivity index (χ1v) is 6.73. The lowest BCUT2D eigenvalue weighted by Crippen LogP contribution is -2.35. The summed E-state index contributed by atoms with van der Waals surface area (Å²) in [6.07, 6.45) is 5.01. The second-order valence-electron chi connectivity index (χ2n) is 5.16. The second-order valence-corrected chi connectivity index (χ2v) is 5.16. The highest BCUT2D eigenvalue weighted by atomic mass is 16.2. The molecule has 1 N–H and O–H groups in total. The van der Waals surface area contributed by atoms with Crippen LogP contribution >= 0.6 is 0 Å². The number of rotatable bonds is 4. The van der Waals surface area contributed by atoms with Gasteiger partial charge >= 0.3 is 0 Å². The van der Waals surface area contributed by atoms with Crippen molar-refractivity contribution in [3.05, 3.63) is 34.2 Å². The third-order valence-corrected chi connectivity index (χ3v) is 3.80. The fourth-order valence-electron chi connectivity index (χ4n) is 2.56. The highest BCUT2D eigenvalue weighted by molar-refractivity contribution is 5.93. The van der Waals surface area contributed by atoms with Crippen LogP contribution in [0.15, 0.2) is 23.1 Å². The molecule has 1 fully saturated rings. The number of hydrogen-bond donors (Lipinski definition) is 1. The van der Waals surface area contributed by atoms with Crippen molar-refractivity contribution in [3.8, 4) is 0 Å². The van der Waals surface area contributed by atoms with E-state index in [1.807, 2.05) is 0 Å². The summed E-state index contributed by atoms with van der Waals surface area (Å²) in [6, 6.07) is 3.83. The molecule has 19 heavy (non-hydrogen) atoms. The molecule has 0 bridgehead atoms. The van der Waals surface area contributed by atoms with E-state index in [1.165, 1.54) is 17.4 Å². The minimum atomic E-state index is -0.276. The SMILES string of the molecule is CN1CCC[C@H]1CCNC(=O)c1cccn(C)c1=O. The van der Waals surface area contributed by atoms with Crippen LogP contribution < -0.4 is 10.9 Å². The molecule has 2 rings (SSSR count). The fraction of sp³-hybridized carbons (Fsp3) is 0.571. The molecule has 0 aromatic carbocycles. The molecule has 104 valence electrons. The number of likely N-dealkylation sites (tertiary alicyclic amines) is 1. The predicted molar refractivity (Wildman–Crippen MR) is 74.3 cm³/mol. The molecule has 0 spiro atoms. The largest absolute Gasteiger partial charge is 0.352 e. The van der Waals surface area contributed by atoms with Crippen molar-refractivity contribution in [2.45, 2.75) is 25.3 Å². The van der Waals surface area contributed by atoms with E-state index >= 15 is 0 Å². The van der Waals surface area contributed by atoms with Crippen molar-refractivity contribution in [2.75, 3.05) is 20.1 Å². The number of aryl methyl sites for hydroxylation is 1. The lowest BCUT2D eigenvalue weighted by atomic mass is 10.1. The van der Waals surface area contributed by atoms with Gasteiger partial charge in [0.05, 0.1) is 0 Å². The zero-order valence-electron chi connectivity index (χ0n) is 11.6. The highest BCUT2D eigenvalue weighted by Gasteiger charge is 2.20. The molecule has 1 aromatic heterocycles. The van der Waals surface area contributed by atoms with Crippen molar-refractivity contribution in [1.29, 1.82) is 0 Å². The van der Waals surface area contributed by atoms with Crippen molar-refractivity contribution in [3.63, 3.8) is 0 Å². The molecule has 1 aliphatic heterocycles. The number of amides is 1. The first kappa shape index (κ1) is 13.8. The zero-order valence-corrected chi connectivity index (χ0v) is 11.6. The number of carbonyl (C=O) groups excluding carboxylic acids is 1. The predicted octanol–water partition coefficient (Wildman–Crippen LogP) is 0.599. The Hall–Kier alpha value is -1.62. The number of nitrogens with zero attached hydrogens (tertiary/aromatic N) is 2. The van der Waals surface area contributed by atoms with E-state index in [2.05, 4.69) is 17.3 Å². The number of hydrogen-bond acceptors (Lipinski definition) is 3. The minimum absolute atomic E-state index is 0.213. The van der Waals surface area contributed by atoms with Crippen LogP contribution in [0.25, 0.3) is 0 Å². The first-order valence-electron chi connectivity index (χ1n) is 6.73. The van der Waals surface area contributed by atoms with Gasteiger partial charge in [0.25, 0.3) is 11.5 Å². The van der Waals surface area contributed by atoms with Gasteiger partial charge in [-0.05, 0) is 45.0 Å². The van der Waals surface area contributed by atoms with Gasteiger partial charge in [0.15, 0.2) is 0 Å². The Balaban J connectivity index is 1.88. The molecule has 5 heteroatoms. The summed E-state index contributed by atoms with van der Waals surface area (Å²) in [7, 11) is 3.76. The van der Waals surface area contributed by atoms with Gasteiger partial charge in [-0.25, -0.2) is 0 Å². The van der Waals surface area contributed by atoms with Crippen molar-refractivity contribution >= 4 is 5.91 Å². The average molecular weight is 263 g/mol. The van der Waals surface area contributed by atoms with Crippen LogP contribution in [0.4, 0.5) is 0 Å². The molecule has 1 aliphatic rings. The Morgan fingerprint density at radius 2 is 2.26 bits per heavy atom. The van der Waals surface area contributed by atoms with Crippen LogP contribution in [0.2, 0.25) is 0 Å². The van der Waals surface area contributed by atoms with Crippen LogP contribution in [-0.2, 0) is 7.05 Å². The Morgan fingerprint density at radius 1 is 1.47 bits per heavy atom. The summed E-state index contributed by atoms with van der Waals surface area (Å²) in [5.74, 6) is -0.276. The quantitative estimate of drug-likeness (QED) is 0.865. The summed E-state index contributed by atoms with van der Waals surface area (Å²) in [4.78, 5) is 26.0. The van der Waals surface area contributed by atoms with Crippen LogP contribution in [-0.4, -0.2) is 41.6 Å². The Kier molecular flexibility index (Phi) is 4.37. The van der Waals surface area contributed by atoms with Crippen molar-refractivity contribution in [2.24, 2.45) is 7.05 Å². The topological polar surface area (TPSA) is 54.3 Å². The van der Waals surface area contributed by atoms with Gasteiger partial charge in [0.2, 0.25) is 0 Å². The Labute approximate surface area is 113 Å². The monoisotopic (exact) mass is 263 g/mol. The molecular formula is C14H21N3O2. The van der Waals surface area contributed by atoms with E-state index in [1.54, 1.807) is 25.4 Å². The lowest BCUT2D eigenvalue weighted by Gasteiger charge is -2.19. The van der Waals surface area contributed by atoms with Crippen LogP contribution in [0.5, 0.6) is 0 Å². The molecule has 5 nitrogen and oxygen atoms in total. The third-order valence-electron chi connectivity index (χ3n) is 3.80. The van der Waals surface area contributed by atoms with E-state index in [9.17, 15) is 9.59 Å². The summed E-state index contributed by atoms with van der Waals surface area (Å²) in [5.41, 5.74) is -0.0391. The van der Waals surface area contributed by atoms with Gasteiger partial charge < -0.3 is 14.8 Å². The maximum Gasteiger partial charge on any atom is 0.263 e. The standard InChI is InChI=1S/C14H21N3O2/c1-16-9-3-5-11(16)7-8-15-13(18)12-6-4-10-17(2)14(12)19/h4,6,10-11H,3,5,7-9H2,1-2H3,(H,15,18)/t11-/m0/s1. The molecule has 1 aromatic rings. The fourth-order valence-corrected chi connectivity index (χ4v) is 2.56. The molecular weight excluding hydrogens is 242 g/mol. The van der Waals surface area contributed by atoms with Crippen molar-refractivity contribution < 1.29 is 4.79 Å². The van der Waals surface area contributed by atoms with E-state index in [0.29, 0.717) is 12.6 Å². The third kappa shape index (κ3) is 3.23. The Morgan fingerprint density at radius 3 is 2.95 bits per heavy atom. The van der Waals surface area contributed by atoms with Gasteiger partial charge in [-0.3, -0.25) is 9.59 Å². The molecule has 2 heterocycles. The summed E-state index contributed by atoms with van der Waals surface area (Å²) < 4.78 is 1.42. The molecule has 1 saturated heterocycles. The molecule has 0 radical (unpaired) electrons. The van der Waals surface area contributed by atoms with Crippen LogP contribution in [0.1, 0.15) is 29.6 Å². The van der Waals surface area contributed by atoms with Crippen LogP contribution in [0, 0.1) is 0 Å². The lowest BCUT2D eigenvalue weighted by molar-refractivity contribution is 0.0948. The zero-order chi connectivity index (χ0) is 13.8. The minimum Gasteiger partial charge on any atom is -0.352 e. The van der Waals surface area contributed by atoms with E-state index in [4.69, 9.17) is 0 Å². The van der Waals surface area contributed by atoms with Gasteiger partial charge in [0.1, 0.15) is 5.56 Å². The van der Waals surface area contributed by atoms with Gasteiger partial charge in [-0.1, -0.05) is 0 Å². The summed E-state index contributed by atoms with van der Waals surface area (Å²) in [6.45, 7) is 1.75. The van der Waals surface area contributed by atoms with Gasteiger partial charge in [0, 0.05) is 25.8 Å². The first-order chi connectivity index (χ1) is 9.09. The highest BCUT2D eigenvalue weighted by Crippen LogP contribution is 2.16. The van der Waals surface area contributed by atoms with Crippen molar-refractivity contribution in [1.82, 2.24) is 14.8 Å². The van der Waals surface area contributed by atoms with E-state index in [0.717, 1.165) is 13.0 Å². The molecule has 0 unspecified atom stereocenters. The van der Waals surface area contributed by atoms with Gasteiger partial charge in [-0.2, -0.15) is 0 Å². The summed E-state index contributed by atoms with van der Waals surface area (Å²) >= 11 is 0. The normalized spacial score (nSPS) is 19.6. The molecule has 1 amide bonds. The van der Waals surface area contributed by atoms with E-state index < -0.39 is 0 Å². The Bertz CT molecular complexity index is 510. The summed E-state index contributed by atoms with van der Waals surface area (Å²) in [5, 5.41) is 2.84. The number of pyridine rings is 1. The van der Waals surface area contributed by atoms with Crippen LogP contribution in [0.3, 0.4) is 0 Å². The molecule has 0 aliphatic carbocycles. The number of aromatic nitrogens is 1. The number of carbonyl (C=O) groups is 1. The van der Waals surface area contributed by atoms with E-state index in [-0.39, 0.29) is 17.0 Å². The number of nitrogens with one attached hydrogen (secondary N) is 1. The molecule has 0 saturated carbocycles.